The van der Waals surface area contributed by atoms with Crippen LogP contribution in [-0.4, -0.2) is 120 Å². The van der Waals surface area contributed by atoms with Gasteiger partial charge in [0, 0.05) is 41.7 Å². The summed E-state index contributed by atoms with van der Waals surface area (Å²) in [6.45, 7) is 4.59. The van der Waals surface area contributed by atoms with Crippen LogP contribution in [0.1, 0.15) is 113 Å². The fourth-order valence-corrected chi connectivity index (χ4v) is 12.9. The number of rotatable bonds is 5. The molecule has 32 heteroatoms. The summed E-state index contributed by atoms with van der Waals surface area (Å²) in [6, 6.07) is 14.1. The van der Waals surface area contributed by atoms with Gasteiger partial charge in [-0.05, 0) is 145 Å². The molecule has 1 unspecified atom stereocenters. The summed E-state index contributed by atoms with van der Waals surface area (Å²) in [5.74, 6) is -17.3. The van der Waals surface area contributed by atoms with Crippen molar-refractivity contribution in [2.24, 2.45) is 0 Å². The number of carbonyl (C=O) groups is 10. The predicted octanol–water partition coefficient (Wildman–Crippen LogP) is 7.84. The number of phenolic OH excluding ortho intramolecular Hbond substituents is 5. The Labute approximate surface area is 609 Å². The van der Waals surface area contributed by atoms with E-state index in [1.165, 1.54) is 72.8 Å². The lowest BCUT2D eigenvalue weighted by Gasteiger charge is -2.31. The molecule has 7 amide bonds. The van der Waals surface area contributed by atoms with Crippen LogP contribution in [0.2, 0.25) is 10.0 Å². The Balaban J connectivity index is 1.02. The molecule has 30 nitrogen and oxygen atoms in total. The second kappa shape index (κ2) is 28.8. The number of benzene rings is 8. The standard InChI is InChI=1S/C74H61Cl2N7O23/c1-74(2,3)106-73(99)83-57-34-11-14-47(87)52(25-34)101-40-22-36(21-38(84)28-40)58-67(93)80-59-37-26-53(102-49-15-9-31(19-43(49)75)20-45(64(90)78-58)77-65(57)91)63(104-51-17-18-100-71(51)97)54(27-37)103-50-16-12-35(24-44(50)76)62(89)61-69(95)81-60(72(98)105-70(96)32-7-5-4-6-8-32)42-29-39(85)30-48(88)55(42)41-23-33(10-13-46(41)86)56(66(92)82-61)79-68(59)94/h4-16,19,21-30,45,51,56-62,84-89H,17-18,20H2,1-3H3,(H,77,91)(H,78,90)(H,79,94)(H,80,93)(H,81,95)(H,82,92)(H,83,99)/t45-,51?,56-,57+,58+,59-,60+,61+,62-/m1/s1. The maximum Gasteiger partial charge on any atom is 0.408 e. The number of alkyl carbamates (subject to hydrolysis) is 1. The quantitative estimate of drug-likeness (QED) is 0.0443. The van der Waals surface area contributed by atoms with Crippen LogP contribution in [0.25, 0.3) is 11.1 Å². The van der Waals surface area contributed by atoms with Crippen LogP contribution < -0.4 is 56.2 Å². The first-order valence-electron chi connectivity index (χ1n) is 32.5. The third-order valence-corrected chi connectivity index (χ3v) is 18.0. The number of fused-ring (bicyclic) bond motifs is 14. The number of aliphatic hydroxyl groups excluding tert-OH is 1. The van der Waals surface area contributed by atoms with Crippen LogP contribution in [0.5, 0.6) is 69.0 Å². The van der Waals surface area contributed by atoms with Crippen LogP contribution >= 0.6 is 23.2 Å². The third-order valence-electron chi connectivity index (χ3n) is 17.4. The van der Waals surface area contributed by atoms with Gasteiger partial charge in [0.05, 0.1) is 22.2 Å². The number of amides is 7. The van der Waals surface area contributed by atoms with Crippen molar-refractivity contribution < 1.29 is 112 Å². The Bertz CT molecular complexity index is 5010. The third kappa shape index (κ3) is 15.0. The monoisotopic (exact) mass is 1490 g/mol. The minimum absolute atomic E-state index is 0.0253. The van der Waals surface area contributed by atoms with Gasteiger partial charge in [-0.25, -0.2) is 19.2 Å². The van der Waals surface area contributed by atoms with E-state index in [-0.39, 0.29) is 85.0 Å². The first-order chi connectivity index (χ1) is 50.5. The van der Waals surface area contributed by atoms with Crippen molar-refractivity contribution in [3.8, 4) is 80.1 Å². The Kier molecular flexibility index (Phi) is 19.4. The molecule has 8 aromatic carbocycles. The topological polar surface area (TPSA) is 441 Å². The van der Waals surface area contributed by atoms with Gasteiger partial charge < -0.3 is 101 Å². The van der Waals surface area contributed by atoms with Crippen molar-refractivity contribution in [3.63, 3.8) is 0 Å². The molecule has 8 aromatic rings. The lowest BCUT2D eigenvalue weighted by molar-refractivity contribution is -0.144. The Morgan fingerprint density at radius 1 is 0.547 bits per heavy atom. The lowest BCUT2D eigenvalue weighted by Crippen LogP contribution is -2.55. The Hall–Kier alpha value is -12.8. The highest BCUT2D eigenvalue weighted by molar-refractivity contribution is 6.32. The average molecular weight is 1490 g/mol. The van der Waals surface area contributed by atoms with E-state index < -0.39 is 189 Å². The summed E-state index contributed by atoms with van der Waals surface area (Å²) >= 11 is 14.2. The van der Waals surface area contributed by atoms with Crippen LogP contribution in [0.3, 0.4) is 0 Å². The number of nitrogens with one attached hydrogen (secondary N) is 7. The molecule has 0 aromatic heterocycles. The van der Waals surface area contributed by atoms with E-state index in [4.69, 9.17) is 56.4 Å². The number of carbonyl (C=O) groups excluding carboxylic acids is 10. The van der Waals surface area contributed by atoms with Crippen LogP contribution in [-0.2, 0) is 59.0 Å². The fourth-order valence-electron chi connectivity index (χ4n) is 12.4. The minimum Gasteiger partial charge on any atom is -0.508 e. The van der Waals surface area contributed by atoms with E-state index in [2.05, 4.69) is 37.2 Å². The van der Waals surface area contributed by atoms with Crippen molar-refractivity contribution >= 4 is 82.6 Å². The Morgan fingerprint density at radius 3 is 1.83 bits per heavy atom. The number of aromatic hydroxyl groups is 5. The summed E-state index contributed by atoms with van der Waals surface area (Å²) in [5.41, 5.74) is -3.86. The van der Waals surface area contributed by atoms with Gasteiger partial charge in [0.1, 0.15) is 88.2 Å². The highest BCUT2D eigenvalue weighted by Crippen LogP contribution is 2.50. The Morgan fingerprint density at radius 2 is 1.16 bits per heavy atom. The number of hydrogen-bond acceptors (Lipinski definition) is 23. The van der Waals surface area contributed by atoms with E-state index in [9.17, 15) is 54.6 Å². The zero-order valence-electron chi connectivity index (χ0n) is 55.6. The SMILES string of the molecule is CC(C)(C)OC(=O)N[C@@H]1C(=O)N[C@@H]2Cc3ccc(c(Cl)c3)Oc3cc4cc(c3OC3CCOC3=O)Oc3ccc(cc3Cl)[C@@H](O)[C@@H]3NC(=O)[C@H](NC(=O)[C@@H]4NC(=O)[C@@H](NC2=O)c2cc(O)cc(c2)Oc2cc1ccc2O)c1ccc(O)c(c1)-c1c(O)cc(O)cc1[C@@H](C(=O)OC(=O)c1ccccc1)NC3=O. The summed E-state index contributed by atoms with van der Waals surface area (Å²) < 4.78 is 41.8. The number of ether oxygens (including phenoxy) is 7. The van der Waals surface area contributed by atoms with Gasteiger partial charge in [0.15, 0.2) is 35.1 Å². The highest BCUT2D eigenvalue weighted by atomic mass is 35.5. The molecule has 15 rings (SSSR count). The maximum atomic E-state index is 16.3. The van der Waals surface area contributed by atoms with Crippen molar-refractivity contribution in [2.45, 2.75) is 93.7 Å². The normalized spacial score (nSPS) is 21.3. The van der Waals surface area contributed by atoms with Gasteiger partial charge in [0.2, 0.25) is 41.2 Å². The van der Waals surface area contributed by atoms with Crippen LogP contribution in [0.15, 0.2) is 146 Å². The number of esters is 3. The second-order valence-electron chi connectivity index (χ2n) is 26.0. The first kappa shape index (κ1) is 71.6. The molecular weight excluding hydrogens is 1430 g/mol. The fraction of sp³-hybridized carbons (Fsp3) is 0.216. The van der Waals surface area contributed by atoms with Crippen LogP contribution in [0, 0.1) is 0 Å². The number of aliphatic hydroxyl groups is 1. The minimum atomic E-state index is -2.31. The highest BCUT2D eigenvalue weighted by Gasteiger charge is 2.43. The molecule has 13 N–H and O–H groups in total. The van der Waals surface area contributed by atoms with Gasteiger partial charge in [0.25, 0.3) is 0 Å². The maximum absolute atomic E-state index is 16.3. The van der Waals surface area contributed by atoms with Gasteiger partial charge in [-0.1, -0.05) is 65.7 Å². The molecule has 0 saturated carbocycles. The smallest absolute Gasteiger partial charge is 0.408 e. The zero-order valence-corrected chi connectivity index (χ0v) is 57.1. The molecule has 9 atom stereocenters. The van der Waals surface area contributed by atoms with Gasteiger partial charge in [-0.15, -0.1) is 0 Å². The van der Waals surface area contributed by atoms with Gasteiger partial charge in [-0.2, -0.15) is 0 Å². The van der Waals surface area contributed by atoms with E-state index in [1.54, 1.807) is 26.8 Å². The number of hydrogen-bond donors (Lipinski definition) is 13. The summed E-state index contributed by atoms with van der Waals surface area (Å²) in [6.07, 6.45) is -5.23. The largest absolute Gasteiger partial charge is 0.508 e. The molecule has 106 heavy (non-hydrogen) atoms. The van der Waals surface area contributed by atoms with Crippen molar-refractivity contribution in [1.82, 2.24) is 37.2 Å². The molecule has 17 bridgehead atoms. The number of halogens is 2. The van der Waals surface area contributed by atoms with Crippen molar-refractivity contribution in [1.29, 1.82) is 0 Å². The summed E-state index contributed by atoms with van der Waals surface area (Å²) in [7, 11) is 0. The molecule has 0 radical (unpaired) electrons. The summed E-state index contributed by atoms with van der Waals surface area (Å²) in [5, 5.41) is 87.4. The van der Waals surface area contributed by atoms with Crippen molar-refractivity contribution in [3.05, 3.63) is 200 Å². The molecule has 1 saturated heterocycles. The van der Waals surface area contributed by atoms with E-state index in [1.807, 2.05) is 0 Å². The summed E-state index contributed by atoms with van der Waals surface area (Å²) in [4.78, 5) is 149. The average Bonchev–Trinajstić information content (AvgIpc) is 0.834. The molecule has 7 aliphatic heterocycles. The zero-order chi connectivity index (χ0) is 75.3. The molecular formula is C74H61Cl2N7O23. The predicted molar refractivity (Wildman–Crippen MR) is 368 cm³/mol. The molecule has 0 aliphatic carbocycles. The van der Waals surface area contributed by atoms with E-state index in [0.29, 0.717) is 0 Å². The number of cyclic esters (lactones) is 1. The van der Waals surface area contributed by atoms with E-state index in [0.717, 1.165) is 66.7 Å². The molecule has 0 spiro atoms. The molecule has 1 fully saturated rings. The lowest BCUT2D eigenvalue weighted by atomic mass is 9.89. The molecule has 7 aliphatic rings. The molecule has 544 valence electrons. The first-order valence-corrected chi connectivity index (χ1v) is 33.2. The van der Waals surface area contributed by atoms with Gasteiger partial charge in [-0.3, -0.25) is 28.8 Å². The molecule has 7 heterocycles. The van der Waals surface area contributed by atoms with Crippen molar-refractivity contribution in [2.75, 3.05) is 6.61 Å². The van der Waals surface area contributed by atoms with Gasteiger partial charge >= 0.3 is 24.0 Å². The second-order valence-corrected chi connectivity index (χ2v) is 26.8. The van der Waals surface area contributed by atoms with Crippen LogP contribution in [0.4, 0.5) is 4.79 Å². The van der Waals surface area contributed by atoms with E-state index >= 15 is 24.0 Å². The number of phenols is 5.